The lowest BCUT2D eigenvalue weighted by Gasteiger charge is -1.96. The Morgan fingerprint density at radius 3 is 2.72 bits per heavy atom. The molecule has 0 aliphatic carbocycles. The van der Waals surface area contributed by atoms with Crippen molar-refractivity contribution in [2.45, 2.75) is 6.92 Å². The fraction of sp³-hybridized carbons (Fsp3) is 0.154. The van der Waals surface area contributed by atoms with Gasteiger partial charge in [-0.05, 0) is 24.6 Å². The van der Waals surface area contributed by atoms with Crippen molar-refractivity contribution in [3.05, 3.63) is 35.8 Å². The number of fused-ring (bicyclic) bond motifs is 3. The van der Waals surface area contributed by atoms with E-state index >= 15 is 0 Å². The highest BCUT2D eigenvalue weighted by Crippen LogP contribution is 2.27. The van der Waals surface area contributed by atoms with E-state index in [1.165, 1.54) is 0 Å². The summed E-state index contributed by atoms with van der Waals surface area (Å²) in [7, 11) is 1.90. The molecule has 0 radical (unpaired) electrons. The maximum Gasteiger partial charge on any atom is 0.354 e. The molecule has 5 nitrogen and oxygen atoms in total. The van der Waals surface area contributed by atoms with E-state index in [0.717, 1.165) is 27.5 Å². The molecule has 3 aromatic heterocycles. The molecule has 0 unspecified atom stereocenters. The Morgan fingerprint density at radius 1 is 1.22 bits per heavy atom. The Bertz CT molecular complexity index is 790. The second kappa shape index (κ2) is 3.53. The SMILES string of the molecule is Cc1cnc2c(c1)c1cc(C(=O)O)ncc1n2C. The number of carboxylic acids is 1. The quantitative estimate of drug-likeness (QED) is 0.708. The van der Waals surface area contributed by atoms with Gasteiger partial charge in [-0.15, -0.1) is 0 Å². The molecule has 0 amide bonds. The molecule has 0 saturated carbocycles. The van der Waals surface area contributed by atoms with Crippen molar-refractivity contribution in [2.24, 2.45) is 7.05 Å². The van der Waals surface area contributed by atoms with Gasteiger partial charge in [0.2, 0.25) is 0 Å². The minimum absolute atomic E-state index is 0.0523. The van der Waals surface area contributed by atoms with Crippen LogP contribution in [-0.2, 0) is 7.05 Å². The van der Waals surface area contributed by atoms with E-state index in [2.05, 4.69) is 9.97 Å². The second-order valence-electron chi connectivity index (χ2n) is 4.33. The van der Waals surface area contributed by atoms with Crippen molar-refractivity contribution in [3.63, 3.8) is 0 Å². The lowest BCUT2D eigenvalue weighted by atomic mass is 10.2. The van der Waals surface area contributed by atoms with E-state index in [4.69, 9.17) is 5.11 Å². The molecule has 0 atom stereocenters. The summed E-state index contributed by atoms with van der Waals surface area (Å²) in [4.78, 5) is 19.3. The highest BCUT2D eigenvalue weighted by atomic mass is 16.4. The summed E-state index contributed by atoms with van der Waals surface area (Å²) in [6.07, 6.45) is 3.38. The third kappa shape index (κ3) is 1.37. The fourth-order valence-corrected chi connectivity index (χ4v) is 2.19. The summed E-state index contributed by atoms with van der Waals surface area (Å²) in [6, 6.07) is 3.61. The number of hydrogen-bond donors (Lipinski definition) is 1. The van der Waals surface area contributed by atoms with Crippen molar-refractivity contribution in [2.75, 3.05) is 0 Å². The molecule has 5 heteroatoms. The van der Waals surface area contributed by atoms with Gasteiger partial charge >= 0.3 is 5.97 Å². The molecular formula is C13H11N3O2. The van der Waals surface area contributed by atoms with Crippen LogP contribution >= 0.6 is 0 Å². The van der Waals surface area contributed by atoms with Gasteiger partial charge in [-0.2, -0.15) is 0 Å². The molecule has 3 heterocycles. The molecule has 3 aromatic rings. The van der Waals surface area contributed by atoms with Gasteiger partial charge < -0.3 is 9.67 Å². The van der Waals surface area contributed by atoms with Crippen molar-refractivity contribution < 1.29 is 9.90 Å². The number of nitrogens with zero attached hydrogens (tertiary/aromatic N) is 3. The zero-order valence-corrected chi connectivity index (χ0v) is 10.0. The predicted octanol–water partition coefficient (Wildman–Crippen LogP) is 2.13. The third-order valence-electron chi connectivity index (χ3n) is 3.07. The Balaban J connectivity index is 2.50. The number of aromatic carboxylic acids is 1. The zero-order chi connectivity index (χ0) is 12.9. The number of carboxylic acid groups (broad SMARTS) is 1. The van der Waals surface area contributed by atoms with Crippen LogP contribution in [0.1, 0.15) is 16.1 Å². The summed E-state index contributed by atoms with van der Waals surface area (Å²) in [5, 5.41) is 10.8. The lowest BCUT2D eigenvalue weighted by Crippen LogP contribution is -1.99. The predicted molar refractivity (Wildman–Crippen MR) is 67.7 cm³/mol. The molecule has 90 valence electrons. The van der Waals surface area contributed by atoms with Gasteiger partial charge in [0.15, 0.2) is 0 Å². The maximum absolute atomic E-state index is 11.0. The number of aromatic nitrogens is 3. The van der Waals surface area contributed by atoms with Crippen LogP contribution in [0.4, 0.5) is 0 Å². The van der Waals surface area contributed by atoms with Crippen LogP contribution < -0.4 is 0 Å². The molecule has 1 N–H and O–H groups in total. The topological polar surface area (TPSA) is 68.0 Å². The molecule has 0 fully saturated rings. The lowest BCUT2D eigenvalue weighted by molar-refractivity contribution is 0.0690. The Hall–Kier alpha value is -2.43. The van der Waals surface area contributed by atoms with Gasteiger partial charge in [-0.1, -0.05) is 0 Å². The smallest absolute Gasteiger partial charge is 0.354 e. The summed E-state index contributed by atoms with van der Waals surface area (Å²) in [5.74, 6) is -1.02. The van der Waals surface area contributed by atoms with Crippen LogP contribution in [0.2, 0.25) is 0 Å². The van der Waals surface area contributed by atoms with Crippen LogP contribution in [0.3, 0.4) is 0 Å². The first-order valence-corrected chi connectivity index (χ1v) is 5.52. The first-order valence-electron chi connectivity index (χ1n) is 5.52. The largest absolute Gasteiger partial charge is 0.477 e. The minimum atomic E-state index is -1.02. The highest BCUT2D eigenvalue weighted by Gasteiger charge is 2.13. The summed E-state index contributed by atoms with van der Waals surface area (Å²) in [5.41, 5.74) is 2.81. The number of aryl methyl sites for hydroxylation is 2. The normalized spacial score (nSPS) is 11.2. The van der Waals surface area contributed by atoms with Crippen LogP contribution in [0.5, 0.6) is 0 Å². The van der Waals surface area contributed by atoms with E-state index in [-0.39, 0.29) is 5.69 Å². The van der Waals surface area contributed by atoms with Gasteiger partial charge in [-0.3, -0.25) is 0 Å². The van der Waals surface area contributed by atoms with Gasteiger partial charge in [0.1, 0.15) is 11.3 Å². The van der Waals surface area contributed by atoms with Gasteiger partial charge in [0.25, 0.3) is 0 Å². The van der Waals surface area contributed by atoms with Crippen molar-refractivity contribution >= 4 is 27.9 Å². The molecular weight excluding hydrogens is 230 g/mol. The van der Waals surface area contributed by atoms with Crippen molar-refractivity contribution in [1.29, 1.82) is 0 Å². The molecule has 0 bridgehead atoms. The van der Waals surface area contributed by atoms with E-state index in [1.807, 2.05) is 24.6 Å². The summed E-state index contributed by atoms with van der Waals surface area (Å²) in [6.45, 7) is 1.96. The van der Waals surface area contributed by atoms with Crippen molar-refractivity contribution in [3.8, 4) is 0 Å². The number of carbonyl (C=O) groups is 1. The molecule has 18 heavy (non-hydrogen) atoms. The summed E-state index contributed by atoms with van der Waals surface area (Å²) >= 11 is 0. The average molecular weight is 241 g/mol. The average Bonchev–Trinajstić information content (AvgIpc) is 2.62. The maximum atomic E-state index is 11.0. The monoisotopic (exact) mass is 241 g/mol. The minimum Gasteiger partial charge on any atom is -0.477 e. The van der Waals surface area contributed by atoms with E-state index < -0.39 is 5.97 Å². The number of rotatable bonds is 1. The first-order chi connectivity index (χ1) is 8.58. The van der Waals surface area contributed by atoms with Gasteiger partial charge in [0.05, 0.1) is 11.7 Å². The molecule has 0 aliphatic heterocycles. The standard InChI is InChI=1S/C13H11N3O2/c1-7-3-9-8-4-10(13(17)18)14-6-11(8)16(2)12(9)15-5-7/h3-6H,1-2H3,(H,17,18). The second-order valence-corrected chi connectivity index (χ2v) is 4.33. The van der Waals surface area contributed by atoms with Crippen LogP contribution in [0.15, 0.2) is 24.5 Å². The molecule has 0 saturated heterocycles. The Labute approximate surface area is 103 Å². The molecule has 0 aromatic carbocycles. The van der Waals surface area contributed by atoms with Crippen LogP contribution in [-0.4, -0.2) is 25.6 Å². The molecule has 3 rings (SSSR count). The highest BCUT2D eigenvalue weighted by molar-refractivity contribution is 6.08. The van der Waals surface area contributed by atoms with Crippen LogP contribution in [0.25, 0.3) is 21.9 Å². The fourth-order valence-electron chi connectivity index (χ4n) is 2.19. The van der Waals surface area contributed by atoms with Crippen LogP contribution in [0, 0.1) is 6.92 Å². The van der Waals surface area contributed by atoms with E-state index in [0.29, 0.717) is 0 Å². The molecule has 0 spiro atoms. The Morgan fingerprint density at radius 2 is 2.00 bits per heavy atom. The third-order valence-corrected chi connectivity index (χ3v) is 3.07. The number of pyridine rings is 2. The zero-order valence-electron chi connectivity index (χ0n) is 10.0. The van der Waals surface area contributed by atoms with E-state index in [9.17, 15) is 4.79 Å². The first kappa shape index (κ1) is 10.7. The van der Waals surface area contributed by atoms with Crippen molar-refractivity contribution in [1.82, 2.24) is 14.5 Å². The van der Waals surface area contributed by atoms with E-state index in [1.54, 1.807) is 18.5 Å². The molecule has 0 aliphatic rings. The number of hydrogen-bond acceptors (Lipinski definition) is 3. The summed E-state index contributed by atoms with van der Waals surface area (Å²) < 4.78 is 1.92. The van der Waals surface area contributed by atoms with Gasteiger partial charge in [0, 0.05) is 24.0 Å². The van der Waals surface area contributed by atoms with Gasteiger partial charge in [-0.25, -0.2) is 14.8 Å². The Kier molecular flexibility index (Phi) is 2.10.